The van der Waals surface area contributed by atoms with Crippen molar-refractivity contribution >= 4 is 19.2 Å². The molecule has 0 bridgehead atoms. The average molecular weight is 365 g/mol. The van der Waals surface area contributed by atoms with Crippen molar-refractivity contribution < 1.29 is 19.3 Å². The summed E-state index contributed by atoms with van der Waals surface area (Å²) in [6.45, 7) is 16.5. The highest BCUT2D eigenvalue weighted by molar-refractivity contribution is 6.95. The van der Waals surface area contributed by atoms with Crippen LogP contribution in [0.3, 0.4) is 0 Å². The summed E-state index contributed by atoms with van der Waals surface area (Å²) in [4.78, 5) is 22.2. The van der Waals surface area contributed by atoms with Gasteiger partial charge >= 0.3 is 5.97 Å². The van der Waals surface area contributed by atoms with Crippen LogP contribution in [0.4, 0.5) is 0 Å². The summed E-state index contributed by atoms with van der Waals surface area (Å²) in [6, 6.07) is 9.84. The Balaban J connectivity index is 2.64. The number of carbonyl (C=O) groups is 1. The van der Waals surface area contributed by atoms with Crippen LogP contribution in [0.1, 0.15) is 51.9 Å². The third-order valence-electron chi connectivity index (χ3n) is 4.39. The Morgan fingerprint density at radius 2 is 1.76 bits per heavy atom. The molecule has 0 N–H and O–H groups in total. The molecule has 4 nitrogen and oxygen atoms in total. The molecule has 25 heavy (non-hydrogen) atoms. The molecule has 5 heteroatoms. The summed E-state index contributed by atoms with van der Waals surface area (Å²) in [5.74, 6) is -0.493. The van der Waals surface area contributed by atoms with Gasteiger partial charge in [0.05, 0.1) is 17.8 Å². The van der Waals surface area contributed by atoms with Crippen LogP contribution in [0.5, 0.6) is 0 Å². The fraction of sp³-hybridized carbons (Fsp3) is 0.550. The lowest BCUT2D eigenvalue weighted by Crippen LogP contribution is -2.44. The molecule has 0 saturated heterocycles. The van der Waals surface area contributed by atoms with Crippen LogP contribution >= 0.6 is 0 Å². The smallest absolute Gasteiger partial charge is 0.373 e. The van der Waals surface area contributed by atoms with Gasteiger partial charge in [-0.1, -0.05) is 49.0 Å². The molecular weight excluding hydrogens is 332 g/mol. The zero-order valence-electron chi connectivity index (χ0n) is 16.4. The predicted octanol–water partition coefficient (Wildman–Crippen LogP) is 4.40. The van der Waals surface area contributed by atoms with E-state index in [1.165, 1.54) is 5.19 Å². The molecule has 0 aliphatic heterocycles. The summed E-state index contributed by atoms with van der Waals surface area (Å²) in [6.07, 6.45) is -0.330. The molecule has 1 aromatic carbocycles. The molecule has 1 unspecified atom stereocenters. The van der Waals surface area contributed by atoms with Gasteiger partial charge in [0.2, 0.25) is 0 Å². The number of hydrogen-bond acceptors (Lipinski definition) is 4. The minimum atomic E-state index is -1.65. The molecule has 0 saturated carbocycles. The third kappa shape index (κ3) is 6.42. The maximum Gasteiger partial charge on any atom is 0.373 e. The fourth-order valence-electron chi connectivity index (χ4n) is 2.57. The molecule has 0 amide bonds. The molecule has 0 aliphatic carbocycles. The highest BCUT2D eigenvalue weighted by atomic mass is 28.3. The zero-order chi connectivity index (χ0) is 19.1. The lowest BCUT2D eigenvalue weighted by atomic mass is 10.2. The van der Waals surface area contributed by atoms with E-state index in [4.69, 9.17) is 14.5 Å². The second-order valence-corrected chi connectivity index (χ2v) is 12.1. The van der Waals surface area contributed by atoms with Gasteiger partial charge in [-0.3, -0.25) is 4.89 Å². The van der Waals surface area contributed by atoms with Crippen molar-refractivity contribution in [3.63, 3.8) is 0 Å². The summed E-state index contributed by atoms with van der Waals surface area (Å²) in [7, 11) is -1.65. The molecule has 1 rings (SSSR count). The first kappa shape index (κ1) is 21.6. The highest BCUT2D eigenvalue weighted by Crippen LogP contribution is 2.17. The summed E-state index contributed by atoms with van der Waals surface area (Å²) in [5, 5.41) is 1.29. The second-order valence-electron chi connectivity index (χ2n) is 7.35. The fourth-order valence-corrected chi connectivity index (χ4v) is 5.53. The van der Waals surface area contributed by atoms with Gasteiger partial charge < -0.3 is 4.74 Å². The lowest BCUT2D eigenvalue weighted by Gasteiger charge is -2.26. The molecule has 0 spiro atoms. The van der Waals surface area contributed by atoms with Gasteiger partial charge in [0.25, 0.3) is 0 Å². The molecule has 0 fully saturated rings. The van der Waals surface area contributed by atoms with Crippen molar-refractivity contribution in [3.05, 3.63) is 42.1 Å². The van der Waals surface area contributed by atoms with Gasteiger partial charge in [-0.05, 0) is 39.8 Å². The van der Waals surface area contributed by atoms with Crippen LogP contribution in [0.25, 0.3) is 0 Å². The van der Waals surface area contributed by atoms with Gasteiger partial charge in [-0.15, -0.1) is 6.58 Å². The Labute approximate surface area is 153 Å². The average Bonchev–Trinajstić information content (AvgIpc) is 2.60. The van der Waals surface area contributed by atoms with E-state index in [0.717, 1.165) is 12.1 Å². The minimum Gasteiger partial charge on any atom is -0.373 e. The molecule has 0 radical (unpaired) electrons. The van der Waals surface area contributed by atoms with Gasteiger partial charge in [-0.25, -0.2) is 4.79 Å². The lowest BCUT2D eigenvalue weighted by molar-refractivity contribution is -0.282. The maximum atomic E-state index is 12.1. The van der Waals surface area contributed by atoms with Gasteiger partial charge in [0, 0.05) is 0 Å². The Kier molecular flexibility index (Phi) is 8.05. The molecule has 0 aliphatic rings. The van der Waals surface area contributed by atoms with Crippen LogP contribution < -0.4 is 5.19 Å². The van der Waals surface area contributed by atoms with E-state index in [0.29, 0.717) is 12.2 Å². The molecule has 1 atom stereocenters. The number of benzene rings is 1. The maximum absolute atomic E-state index is 12.1. The van der Waals surface area contributed by atoms with Crippen LogP contribution in [0.15, 0.2) is 36.5 Å². The normalized spacial score (nSPS) is 13.4. The van der Waals surface area contributed by atoms with Gasteiger partial charge in [0.15, 0.2) is 0 Å². The molecular formula is C20H32O4Si. The number of rotatable bonds is 9. The van der Waals surface area contributed by atoms with E-state index < -0.39 is 14.0 Å². The summed E-state index contributed by atoms with van der Waals surface area (Å²) >= 11 is 0. The highest BCUT2D eigenvalue weighted by Gasteiger charge is 2.27. The monoisotopic (exact) mass is 364 g/mol. The summed E-state index contributed by atoms with van der Waals surface area (Å²) in [5.41, 5.74) is 2.35. The minimum absolute atomic E-state index is 0.252. The van der Waals surface area contributed by atoms with E-state index in [-0.39, 0.29) is 11.7 Å². The molecule has 0 aromatic heterocycles. The van der Waals surface area contributed by atoms with Gasteiger partial charge in [-0.2, -0.15) is 4.89 Å². The number of ether oxygens (including phenoxy) is 1. The topological polar surface area (TPSA) is 44.8 Å². The predicted molar refractivity (Wildman–Crippen MR) is 105 cm³/mol. The second kappa shape index (κ2) is 9.32. The SMILES string of the molecule is C=C[Si](CC)(CC)c1ccc(C(=O)OOC(C)COC(C)(C)C)cc1. The number of hydrogen-bond donors (Lipinski definition) is 0. The first-order chi connectivity index (χ1) is 11.7. The van der Waals surface area contributed by atoms with Crippen molar-refractivity contribution in [2.24, 2.45) is 0 Å². The summed E-state index contributed by atoms with van der Waals surface area (Å²) < 4.78 is 5.60. The standard InChI is InChI=1S/C20H32O4Si/c1-8-25(9-2,10-3)18-13-11-17(12-14-18)19(21)24-23-16(4)15-22-20(5,6)7/h8,11-14,16H,1,9-10,15H2,2-7H3. The van der Waals surface area contributed by atoms with E-state index in [9.17, 15) is 4.79 Å². The van der Waals surface area contributed by atoms with E-state index >= 15 is 0 Å². The van der Waals surface area contributed by atoms with Crippen molar-refractivity contribution in [2.45, 2.75) is 65.3 Å². The van der Waals surface area contributed by atoms with Crippen LogP contribution in [-0.4, -0.2) is 32.4 Å². The van der Waals surface area contributed by atoms with E-state index in [2.05, 4.69) is 26.1 Å². The van der Waals surface area contributed by atoms with Crippen LogP contribution in [0, 0.1) is 0 Å². The van der Waals surface area contributed by atoms with E-state index in [1.54, 1.807) is 19.1 Å². The molecule has 0 heterocycles. The van der Waals surface area contributed by atoms with Crippen molar-refractivity contribution in [3.8, 4) is 0 Å². The van der Waals surface area contributed by atoms with Crippen LogP contribution in [-0.2, 0) is 14.5 Å². The Morgan fingerprint density at radius 1 is 1.20 bits per heavy atom. The quantitative estimate of drug-likeness (QED) is 0.370. The van der Waals surface area contributed by atoms with Crippen LogP contribution in [0.2, 0.25) is 12.1 Å². The van der Waals surface area contributed by atoms with Crippen molar-refractivity contribution in [1.29, 1.82) is 0 Å². The van der Waals surface area contributed by atoms with E-state index in [1.807, 2.05) is 32.9 Å². The number of carbonyl (C=O) groups excluding carboxylic acids is 1. The van der Waals surface area contributed by atoms with Gasteiger partial charge in [0.1, 0.15) is 14.2 Å². The first-order valence-corrected chi connectivity index (χ1v) is 11.4. The Bertz CT molecular complexity index is 556. The Hall–Kier alpha value is -1.43. The first-order valence-electron chi connectivity index (χ1n) is 8.93. The largest absolute Gasteiger partial charge is 0.373 e. The molecule has 140 valence electrons. The third-order valence-corrected chi connectivity index (χ3v) is 9.18. The van der Waals surface area contributed by atoms with Crippen molar-refractivity contribution in [2.75, 3.05) is 6.61 Å². The van der Waals surface area contributed by atoms with Crippen molar-refractivity contribution in [1.82, 2.24) is 0 Å². The Morgan fingerprint density at radius 3 is 2.20 bits per heavy atom. The zero-order valence-corrected chi connectivity index (χ0v) is 17.4. The molecule has 1 aromatic rings.